The number of aliphatic hydroxyl groups excluding tert-OH is 1. The van der Waals surface area contributed by atoms with E-state index in [9.17, 15) is 4.79 Å². The van der Waals surface area contributed by atoms with Crippen molar-refractivity contribution in [2.24, 2.45) is 5.92 Å². The molecule has 4 heteroatoms. The second-order valence-corrected chi connectivity index (χ2v) is 4.67. The van der Waals surface area contributed by atoms with Gasteiger partial charge in [-0.15, -0.1) is 0 Å². The average molecular weight is 234 g/mol. The Morgan fingerprint density at radius 3 is 2.76 bits per heavy atom. The molecule has 92 valence electrons. The number of rotatable bonds is 4. The van der Waals surface area contributed by atoms with E-state index >= 15 is 0 Å². The van der Waals surface area contributed by atoms with Gasteiger partial charge in [-0.1, -0.05) is 18.2 Å². The molecule has 0 aliphatic heterocycles. The van der Waals surface area contributed by atoms with Gasteiger partial charge < -0.3 is 16.2 Å². The number of aliphatic hydroxyl groups is 1. The molecule has 2 rings (SSSR count). The first-order chi connectivity index (χ1) is 8.15. The van der Waals surface area contributed by atoms with E-state index in [2.05, 4.69) is 5.32 Å². The molecule has 0 bridgehead atoms. The molecule has 0 saturated heterocycles. The summed E-state index contributed by atoms with van der Waals surface area (Å²) in [5, 5.41) is 12.0. The third kappa shape index (κ3) is 3.20. The van der Waals surface area contributed by atoms with E-state index in [1.54, 1.807) is 6.07 Å². The molecule has 0 aromatic heterocycles. The van der Waals surface area contributed by atoms with E-state index in [4.69, 9.17) is 10.8 Å². The van der Waals surface area contributed by atoms with Crippen LogP contribution in [0.4, 0.5) is 5.69 Å². The maximum Gasteiger partial charge on any atom is 0.224 e. The molecule has 1 fully saturated rings. The van der Waals surface area contributed by atoms with E-state index in [-0.39, 0.29) is 12.0 Å². The first kappa shape index (κ1) is 11.9. The summed E-state index contributed by atoms with van der Waals surface area (Å²) in [6, 6.07) is 7.39. The van der Waals surface area contributed by atoms with Crippen molar-refractivity contribution in [3.63, 3.8) is 0 Å². The number of anilines is 1. The van der Waals surface area contributed by atoms with Crippen LogP contribution in [0.5, 0.6) is 0 Å². The zero-order valence-electron chi connectivity index (χ0n) is 9.73. The normalized spacial score (nSPS) is 22.9. The highest BCUT2D eigenvalue weighted by atomic mass is 16.3. The SMILES string of the molecule is Nc1ccccc1CC(=O)NCC1CC(O)C1. The Hall–Kier alpha value is -1.55. The first-order valence-corrected chi connectivity index (χ1v) is 5.93. The largest absolute Gasteiger partial charge is 0.398 e. The molecule has 0 atom stereocenters. The molecular formula is C13H18N2O2. The Balaban J connectivity index is 1.76. The average Bonchev–Trinajstić information content (AvgIpc) is 2.26. The second kappa shape index (κ2) is 5.19. The molecule has 4 nitrogen and oxygen atoms in total. The fraction of sp³-hybridized carbons (Fsp3) is 0.462. The van der Waals surface area contributed by atoms with Crippen LogP contribution in [0.25, 0.3) is 0 Å². The maximum atomic E-state index is 11.7. The number of amides is 1. The van der Waals surface area contributed by atoms with Crippen LogP contribution < -0.4 is 11.1 Å². The minimum Gasteiger partial charge on any atom is -0.398 e. The molecule has 1 aliphatic carbocycles. The zero-order valence-corrected chi connectivity index (χ0v) is 9.73. The van der Waals surface area contributed by atoms with Crippen molar-refractivity contribution in [2.45, 2.75) is 25.4 Å². The Kier molecular flexibility index (Phi) is 3.64. The molecule has 0 unspecified atom stereocenters. The summed E-state index contributed by atoms with van der Waals surface area (Å²) in [5.41, 5.74) is 7.28. The lowest BCUT2D eigenvalue weighted by atomic mass is 9.82. The number of hydrogen-bond donors (Lipinski definition) is 3. The Morgan fingerprint density at radius 1 is 1.41 bits per heavy atom. The van der Waals surface area contributed by atoms with Crippen LogP contribution >= 0.6 is 0 Å². The predicted molar refractivity (Wildman–Crippen MR) is 66.3 cm³/mol. The summed E-state index contributed by atoms with van der Waals surface area (Å²) < 4.78 is 0. The Labute approximate surface area is 101 Å². The van der Waals surface area contributed by atoms with Gasteiger partial charge in [0.15, 0.2) is 0 Å². The van der Waals surface area contributed by atoms with Crippen LogP contribution in [0.1, 0.15) is 18.4 Å². The summed E-state index contributed by atoms with van der Waals surface area (Å²) in [6.07, 6.45) is 1.75. The van der Waals surface area contributed by atoms with Crippen LogP contribution in [-0.2, 0) is 11.2 Å². The number of hydrogen-bond acceptors (Lipinski definition) is 3. The molecule has 1 aromatic rings. The first-order valence-electron chi connectivity index (χ1n) is 5.93. The van der Waals surface area contributed by atoms with E-state index in [0.717, 1.165) is 18.4 Å². The summed E-state index contributed by atoms with van der Waals surface area (Å²) >= 11 is 0. The third-order valence-corrected chi connectivity index (χ3v) is 3.20. The topological polar surface area (TPSA) is 75.4 Å². The number of para-hydroxylation sites is 1. The number of carbonyl (C=O) groups is 1. The molecule has 0 spiro atoms. The monoisotopic (exact) mass is 234 g/mol. The lowest BCUT2D eigenvalue weighted by Gasteiger charge is -2.31. The minimum absolute atomic E-state index is 0.00992. The molecule has 1 aromatic carbocycles. The smallest absolute Gasteiger partial charge is 0.224 e. The van der Waals surface area contributed by atoms with Crippen molar-refractivity contribution < 1.29 is 9.90 Å². The molecule has 0 radical (unpaired) electrons. The Morgan fingerprint density at radius 2 is 2.12 bits per heavy atom. The molecule has 1 amide bonds. The van der Waals surface area contributed by atoms with Crippen LogP contribution in [0.3, 0.4) is 0 Å². The highest BCUT2D eigenvalue weighted by Crippen LogP contribution is 2.26. The maximum absolute atomic E-state index is 11.7. The van der Waals surface area contributed by atoms with Gasteiger partial charge in [0.1, 0.15) is 0 Å². The second-order valence-electron chi connectivity index (χ2n) is 4.67. The number of nitrogens with two attached hydrogens (primary N) is 1. The van der Waals surface area contributed by atoms with E-state index in [0.29, 0.717) is 24.6 Å². The van der Waals surface area contributed by atoms with E-state index < -0.39 is 0 Å². The van der Waals surface area contributed by atoms with Gasteiger partial charge in [-0.3, -0.25) is 4.79 Å². The van der Waals surface area contributed by atoms with Crippen LogP contribution in [0.15, 0.2) is 24.3 Å². The van der Waals surface area contributed by atoms with Gasteiger partial charge in [0.05, 0.1) is 12.5 Å². The van der Waals surface area contributed by atoms with Crippen molar-refractivity contribution in [1.82, 2.24) is 5.32 Å². The van der Waals surface area contributed by atoms with E-state index in [1.165, 1.54) is 0 Å². The van der Waals surface area contributed by atoms with Crippen molar-refractivity contribution >= 4 is 11.6 Å². The van der Waals surface area contributed by atoms with Crippen LogP contribution in [0.2, 0.25) is 0 Å². The van der Waals surface area contributed by atoms with Gasteiger partial charge in [-0.25, -0.2) is 0 Å². The molecular weight excluding hydrogens is 216 g/mol. The summed E-state index contributed by atoms with van der Waals surface area (Å²) in [6.45, 7) is 0.655. The third-order valence-electron chi connectivity index (χ3n) is 3.20. The van der Waals surface area contributed by atoms with Gasteiger partial charge >= 0.3 is 0 Å². The van der Waals surface area contributed by atoms with Crippen LogP contribution in [-0.4, -0.2) is 23.7 Å². The number of benzene rings is 1. The lowest BCUT2D eigenvalue weighted by Crippen LogP contribution is -2.38. The molecule has 4 N–H and O–H groups in total. The van der Waals surface area contributed by atoms with Crippen molar-refractivity contribution in [1.29, 1.82) is 0 Å². The molecule has 1 saturated carbocycles. The quantitative estimate of drug-likeness (QED) is 0.671. The highest BCUT2D eigenvalue weighted by Gasteiger charge is 2.27. The molecule has 17 heavy (non-hydrogen) atoms. The standard InChI is InChI=1S/C13H18N2O2/c14-12-4-2-1-3-10(12)7-13(17)15-8-9-5-11(16)6-9/h1-4,9,11,16H,5-8,14H2,(H,15,17). The van der Waals surface area contributed by atoms with E-state index in [1.807, 2.05) is 18.2 Å². The van der Waals surface area contributed by atoms with Crippen molar-refractivity contribution in [3.05, 3.63) is 29.8 Å². The zero-order chi connectivity index (χ0) is 12.3. The molecule has 1 aliphatic rings. The van der Waals surface area contributed by atoms with Gasteiger partial charge in [0, 0.05) is 12.2 Å². The highest BCUT2D eigenvalue weighted by molar-refractivity contribution is 5.80. The minimum atomic E-state index is -0.165. The summed E-state index contributed by atoms with van der Waals surface area (Å²) in [7, 11) is 0. The summed E-state index contributed by atoms with van der Waals surface area (Å²) in [4.78, 5) is 11.7. The van der Waals surface area contributed by atoms with Gasteiger partial charge in [-0.2, -0.15) is 0 Å². The van der Waals surface area contributed by atoms with Crippen LogP contribution in [0, 0.1) is 5.92 Å². The van der Waals surface area contributed by atoms with Gasteiger partial charge in [-0.05, 0) is 30.4 Å². The van der Waals surface area contributed by atoms with Crippen molar-refractivity contribution in [3.8, 4) is 0 Å². The van der Waals surface area contributed by atoms with Gasteiger partial charge in [0.25, 0.3) is 0 Å². The lowest BCUT2D eigenvalue weighted by molar-refractivity contribution is -0.121. The number of nitrogens with one attached hydrogen (secondary N) is 1. The predicted octanol–water partition coefficient (Wildman–Crippen LogP) is 0.698. The fourth-order valence-electron chi connectivity index (χ4n) is 2.06. The summed E-state index contributed by atoms with van der Waals surface area (Å²) in [5.74, 6) is 0.423. The fourth-order valence-corrected chi connectivity index (χ4v) is 2.06. The van der Waals surface area contributed by atoms with Crippen molar-refractivity contribution in [2.75, 3.05) is 12.3 Å². The number of carbonyl (C=O) groups excluding carboxylic acids is 1. The number of nitrogen functional groups attached to an aromatic ring is 1. The van der Waals surface area contributed by atoms with Gasteiger partial charge in [0.2, 0.25) is 5.91 Å². The molecule has 0 heterocycles. The Bertz CT molecular complexity index is 400.